The van der Waals surface area contributed by atoms with Gasteiger partial charge in [0.15, 0.2) is 0 Å². The minimum atomic E-state index is 0.666. The fraction of sp³-hybridized carbons (Fsp3) is 0.692. The lowest BCUT2D eigenvalue weighted by Crippen LogP contribution is -2.29. The summed E-state index contributed by atoms with van der Waals surface area (Å²) in [7, 11) is 2.11. The van der Waals surface area contributed by atoms with Crippen LogP contribution in [0.5, 0.6) is 0 Å². The highest BCUT2D eigenvalue weighted by Crippen LogP contribution is 2.48. The molecule has 2 aliphatic carbocycles. The Bertz CT molecular complexity index is 422. The Morgan fingerprint density at radius 1 is 1.39 bits per heavy atom. The van der Waals surface area contributed by atoms with E-state index >= 15 is 0 Å². The topological polar surface area (TPSA) is 67.1 Å². The van der Waals surface area contributed by atoms with Gasteiger partial charge in [0.1, 0.15) is 18.0 Å². The average Bonchev–Trinajstić information content (AvgIpc) is 3.01. The van der Waals surface area contributed by atoms with Crippen molar-refractivity contribution in [1.82, 2.24) is 9.97 Å². The van der Waals surface area contributed by atoms with Gasteiger partial charge in [-0.15, -0.1) is 0 Å². The number of fused-ring (bicyclic) bond motifs is 2. The van der Waals surface area contributed by atoms with E-state index in [4.69, 9.17) is 5.84 Å². The summed E-state index contributed by atoms with van der Waals surface area (Å²) in [5.74, 6) is 9.78. The maximum atomic E-state index is 5.37. The van der Waals surface area contributed by atoms with E-state index in [0.29, 0.717) is 5.82 Å². The Labute approximate surface area is 108 Å². The predicted octanol–water partition coefficient (Wildman–Crippen LogP) is 1.63. The van der Waals surface area contributed by atoms with Crippen LogP contribution in [0.25, 0.3) is 0 Å². The van der Waals surface area contributed by atoms with Gasteiger partial charge in [0.25, 0.3) is 0 Å². The average molecular weight is 247 g/mol. The summed E-state index contributed by atoms with van der Waals surface area (Å²) in [6.07, 6.45) is 7.31. The Hall–Kier alpha value is -1.36. The smallest absolute Gasteiger partial charge is 0.145 e. The molecule has 0 spiro atoms. The molecule has 0 radical (unpaired) electrons. The van der Waals surface area contributed by atoms with E-state index in [1.54, 1.807) is 6.33 Å². The summed E-state index contributed by atoms with van der Waals surface area (Å²) in [5, 5.41) is 0. The van der Waals surface area contributed by atoms with Crippen LogP contribution in [0.2, 0.25) is 0 Å². The Morgan fingerprint density at radius 2 is 2.28 bits per heavy atom. The first-order valence-electron chi connectivity index (χ1n) is 6.76. The summed E-state index contributed by atoms with van der Waals surface area (Å²) in [4.78, 5) is 10.6. The number of hydrogen-bond donors (Lipinski definition) is 2. The molecule has 5 heteroatoms. The first kappa shape index (κ1) is 11.7. The number of nitrogen functional groups attached to an aromatic ring is 1. The fourth-order valence-corrected chi connectivity index (χ4v) is 3.68. The zero-order valence-corrected chi connectivity index (χ0v) is 10.8. The maximum absolute atomic E-state index is 5.37. The van der Waals surface area contributed by atoms with Crippen LogP contribution in [0.15, 0.2) is 12.4 Å². The number of hydrogen-bond acceptors (Lipinski definition) is 5. The summed E-state index contributed by atoms with van der Waals surface area (Å²) in [5.41, 5.74) is 2.57. The summed E-state index contributed by atoms with van der Waals surface area (Å²) >= 11 is 0. The third-order valence-corrected chi connectivity index (χ3v) is 4.58. The van der Waals surface area contributed by atoms with Gasteiger partial charge in [-0.25, -0.2) is 15.8 Å². The van der Waals surface area contributed by atoms with Crippen molar-refractivity contribution in [3.05, 3.63) is 12.4 Å². The molecule has 1 aromatic heterocycles. The number of nitrogens with zero attached hydrogens (tertiary/aromatic N) is 3. The van der Waals surface area contributed by atoms with Gasteiger partial charge in [0.05, 0.1) is 0 Å². The van der Waals surface area contributed by atoms with Gasteiger partial charge in [-0.1, -0.05) is 6.42 Å². The van der Waals surface area contributed by atoms with Crippen molar-refractivity contribution >= 4 is 11.6 Å². The fourth-order valence-electron chi connectivity index (χ4n) is 3.68. The molecule has 2 fully saturated rings. The molecule has 1 heterocycles. The zero-order chi connectivity index (χ0) is 12.5. The molecule has 0 amide bonds. The van der Waals surface area contributed by atoms with Crippen molar-refractivity contribution in [3.63, 3.8) is 0 Å². The van der Waals surface area contributed by atoms with Crippen molar-refractivity contribution in [3.8, 4) is 0 Å². The van der Waals surface area contributed by atoms with Gasteiger partial charge >= 0.3 is 0 Å². The standard InChI is InChI=1S/C13H21N5/c1-18(13-6-12(17-14)15-8-16-13)7-11-5-9-2-3-10(11)4-9/h6,8-11H,2-5,7,14H2,1H3,(H,15,16,17). The summed E-state index contributed by atoms with van der Waals surface area (Å²) in [6.45, 7) is 1.10. The minimum absolute atomic E-state index is 0.666. The molecule has 2 saturated carbocycles. The maximum Gasteiger partial charge on any atom is 0.145 e. The second-order valence-corrected chi connectivity index (χ2v) is 5.72. The van der Waals surface area contributed by atoms with E-state index < -0.39 is 0 Å². The third kappa shape index (κ3) is 2.14. The molecule has 0 saturated heterocycles. The van der Waals surface area contributed by atoms with Crippen LogP contribution in [0.1, 0.15) is 25.7 Å². The Morgan fingerprint density at radius 3 is 2.94 bits per heavy atom. The minimum Gasteiger partial charge on any atom is -0.359 e. The highest BCUT2D eigenvalue weighted by molar-refractivity contribution is 5.47. The van der Waals surface area contributed by atoms with E-state index in [0.717, 1.165) is 30.1 Å². The van der Waals surface area contributed by atoms with E-state index in [9.17, 15) is 0 Å². The van der Waals surface area contributed by atoms with Crippen LogP contribution in [0, 0.1) is 17.8 Å². The second-order valence-electron chi connectivity index (χ2n) is 5.72. The molecule has 3 N–H and O–H groups in total. The van der Waals surface area contributed by atoms with E-state index in [-0.39, 0.29) is 0 Å². The Balaban J connectivity index is 1.65. The molecular formula is C13H21N5. The molecule has 0 aromatic carbocycles. The number of aromatic nitrogens is 2. The van der Waals surface area contributed by atoms with Crippen molar-refractivity contribution in [2.24, 2.45) is 23.6 Å². The van der Waals surface area contributed by atoms with Crippen LogP contribution in [-0.4, -0.2) is 23.6 Å². The lowest BCUT2D eigenvalue weighted by molar-refractivity contribution is 0.337. The van der Waals surface area contributed by atoms with Gasteiger partial charge < -0.3 is 10.3 Å². The SMILES string of the molecule is CN(CC1CC2CCC1C2)c1cc(NN)ncn1. The molecule has 0 aliphatic heterocycles. The Kier molecular flexibility index (Phi) is 3.07. The molecule has 3 unspecified atom stereocenters. The first-order valence-corrected chi connectivity index (χ1v) is 6.76. The monoisotopic (exact) mass is 247 g/mol. The molecule has 98 valence electrons. The highest BCUT2D eigenvalue weighted by atomic mass is 15.3. The van der Waals surface area contributed by atoms with Gasteiger partial charge in [-0.05, 0) is 37.0 Å². The second kappa shape index (κ2) is 4.72. The molecule has 2 aliphatic rings. The van der Waals surface area contributed by atoms with Gasteiger partial charge in [0, 0.05) is 19.7 Å². The number of nitrogens with one attached hydrogen (secondary N) is 1. The number of anilines is 2. The number of rotatable bonds is 4. The highest BCUT2D eigenvalue weighted by Gasteiger charge is 2.39. The molecule has 18 heavy (non-hydrogen) atoms. The van der Waals surface area contributed by atoms with Crippen molar-refractivity contribution < 1.29 is 0 Å². The van der Waals surface area contributed by atoms with Crippen LogP contribution >= 0.6 is 0 Å². The van der Waals surface area contributed by atoms with Crippen molar-refractivity contribution in [2.75, 3.05) is 23.9 Å². The third-order valence-electron chi connectivity index (χ3n) is 4.58. The molecule has 1 aromatic rings. The molecule has 3 atom stereocenters. The van der Waals surface area contributed by atoms with E-state index in [2.05, 4.69) is 27.3 Å². The lowest BCUT2D eigenvalue weighted by atomic mass is 9.88. The first-order chi connectivity index (χ1) is 8.76. The van der Waals surface area contributed by atoms with Gasteiger partial charge in [-0.2, -0.15) is 0 Å². The molecular weight excluding hydrogens is 226 g/mol. The largest absolute Gasteiger partial charge is 0.359 e. The van der Waals surface area contributed by atoms with Gasteiger partial charge in [-0.3, -0.25) is 0 Å². The van der Waals surface area contributed by atoms with Gasteiger partial charge in [0.2, 0.25) is 0 Å². The van der Waals surface area contributed by atoms with Crippen LogP contribution < -0.4 is 16.2 Å². The molecule has 2 bridgehead atoms. The predicted molar refractivity (Wildman–Crippen MR) is 72.1 cm³/mol. The van der Waals surface area contributed by atoms with E-state index in [1.807, 2.05) is 6.07 Å². The molecule has 3 rings (SSSR count). The normalized spacial score (nSPS) is 29.6. The van der Waals surface area contributed by atoms with Crippen molar-refractivity contribution in [1.29, 1.82) is 0 Å². The van der Waals surface area contributed by atoms with Crippen LogP contribution in [-0.2, 0) is 0 Å². The quantitative estimate of drug-likeness (QED) is 0.625. The lowest BCUT2D eigenvalue weighted by Gasteiger charge is -2.27. The number of hydrazine groups is 1. The zero-order valence-electron chi connectivity index (χ0n) is 10.8. The number of nitrogens with two attached hydrogens (primary N) is 1. The van der Waals surface area contributed by atoms with Crippen LogP contribution in [0.3, 0.4) is 0 Å². The molecule has 5 nitrogen and oxygen atoms in total. The van der Waals surface area contributed by atoms with E-state index in [1.165, 1.54) is 25.7 Å². The summed E-state index contributed by atoms with van der Waals surface area (Å²) < 4.78 is 0. The van der Waals surface area contributed by atoms with Crippen LogP contribution in [0.4, 0.5) is 11.6 Å². The summed E-state index contributed by atoms with van der Waals surface area (Å²) in [6, 6.07) is 1.90. The van der Waals surface area contributed by atoms with Crippen molar-refractivity contribution in [2.45, 2.75) is 25.7 Å².